The quantitative estimate of drug-likeness (QED) is 0.635. The van der Waals surface area contributed by atoms with Crippen LogP contribution in [0.15, 0.2) is 30.6 Å². The van der Waals surface area contributed by atoms with E-state index in [9.17, 15) is 4.79 Å². The minimum Gasteiger partial charge on any atom is -0.366 e. The topological polar surface area (TPSA) is 96.7 Å². The highest BCUT2D eigenvalue weighted by atomic mass is 16.1. The number of aromatic nitrogens is 3. The Morgan fingerprint density at radius 2 is 2.32 bits per heavy atom. The lowest BCUT2D eigenvalue weighted by Gasteiger charge is -2.05. The minimum absolute atomic E-state index is 0.396. The second-order valence-electron chi connectivity index (χ2n) is 4.28. The summed E-state index contributed by atoms with van der Waals surface area (Å²) in [5.41, 5.74) is 6.83. The van der Waals surface area contributed by atoms with Crippen molar-refractivity contribution in [1.82, 2.24) is 20.5 Å². The molecule has 6 heteroatoms. The average molecular weight is 259 g/mol. The Labute approximate surface area is 111 Å². The van der Waals surface area contributed by atoms with E-state index in [2.05, 4.69) is 20.5 Å². The van der Waals surface area contributed by atoms with Gasteiger partial charge in [0.15, 0.2) is 0 Å². The van der Waals surface area contributed by atoms with Crippen molar-refractivity contribution in [3.05, 3.63) is 47.5 Å². The Kier molecular flexibility index (Phi) is 4.63. The van der Waals surface area contributed by atoms with Gasteiger partial charge in [-0.05, 0) is 30.7 Å². The zero-order chi connectivity index (χ0) is 13.5. The lowest BCUT2D eigenvalue weighted by Crippen LogP contribution is -2.16. The van der Waals surface area contributed by atoms with Crippen LogP contribution in [0.25, 0.3) is 0 Å². The van der Waals surface area contributed by atoms with E-state index in [0.717, 1.165) is 37.3 Å². The van der Waals surface area contributed by atoms with E-state index >= 15 is 0 Å². The molecule has 0 radical (unpaired) electrons. The lowest BCUT2D eigenvalue weighted by molar-refractivity contribution is 0.1000. The van der Waals surface area contributed by atoms with Crippen molar-refractivity contribution in [2.45, 2.75) is 19.4 Å². The number of carbonyl (C=O) groups is 1. The van der Waals surface area contributed by atoms with Gasteiger partial charge >= 0.3 is 0 Å². The van der Waals surface area contributed by atoms with E-state index in [1.165, 1.54) is 6.33 Å². The number of amides is 1. The van der Waals surface area contributed by atoms with Crippen LogP contribution in [0.5, 0.6) is 0 Å². The Morgan fingerprint density at radius 3 is 3.05 bits per heavy atom. The molecule has 0 aliphatic heterocycles. The van der Waals surface area contributed by atoms with Gasteiger partial charge in [-0.25, -0.2) is 4.98 Å². The van der Waals surface area contributed by atoms with E-state index < -0.39 is 5.91 Å². The molecule has 0 saturated carbocycles. The summed E-state index contributed by atoms with van der Waals surface area (Å²) in [4.78, 5) is 15.1. The molecule has 19 heavy (non-hydrogen) atoms. The second-order valence-corrected chi connectivity index (χ2v) is 4.28. The smallest absolute Gasteiger partial charge is 0.248 e. The van der Waals surface area contributed by atoms with Gasteiger partial charge in [-0.3, -0.25) is 9.89 Å². The van der Waals surface area contributed by atoms with Gasteiger partial charge in [0.2, 0.25) is 5.91 Å². The number of rotatable bonds is 7. The molecule has 0 unspecified atom stereocenters. The van der Waals surface area contributed by atoms with Crippen molar-refractivity contribution >= 4 is 5.91 Å². The van der Waals surface area contributed by atoms with E-state index in [0.29, 0.717) is 5.56 Å². The number of nitrogens with two attached hydrogens (primary N) is 1. The summed E-state index contributed by atoms with van der Waals surface area (Å²) in [6, 6.07) is 7.34. The number of nitrogens with one attached hydrogen (secondary N) is 2. The highest BCUT2D eigenvalue weighted by molar-refractivity contribution is 5.92. The number of primary amides is 1. The summed E-state index contributed by atoms with van der Waals surface area (Å²) in [7, 11) is 0. The predicted octanol–water partition coefficient (Wildman–Crippen LogP) is 0.626. The van der Waals surface area contributed by atoms with E-state index in [-0.39, 0.29) is 0 Å². The van der Waals surface area contributed by atoms with Gasteiger partial charge in [0, 0.05) is 18.5 Å². The molecule has 1 amide bonds. The van der Waals surface area contributed by atoms with Crippen molar-refractivity contribution in [3.63, 3.8) is 0 Å². The SMILES string of the molecule is NC(=O)c1cccc(CNCCCc2ncn[nH]2)c1. The van der Waals surface area contributed by atoms with Crippen molar-refractivity contribution < 1.29 is 4.79 Å². The number of carbonyl (C=O) groups excluding carboxylic acids is 1. The number of hydrogen-bond acceptors (Lipinski definition) is 4. The molecule has 0 saturated heterocycles. The first-order chi connectivity index (χ1) is 9.25. The Balaban J connectivity index is 1.70. The summed E-state index contributed by atoms with van der Waals surface area (Å²) in [6.07, 6.45) is 3.36. The third-order valence-electron chi connectivity index (χ3n) is 2.77. The maximum absolute atomic E-state index is 11.0. The van der Waals surface area contributed by atoms with Crippen molar-refractivity contribution in [1.29, 1.82) is 0 Å². The van der Waals surface area contributed by atoms with Crippen molar-refractivity contribution in [2.24, 2.45) is 5.73 Å². The van der Waals surface area contributed by atoms with Gasteiger partial charge in [-0.2, -0.15) is 5.10 Å². The molecule has 1 aromatic heterocycles. The van der Waals surface area contributed by atoms with Crippen molar-refractivity contribution in [3.8, 4) is 0 Å². The number of aromatic amines is 1. The summed E-state index contributed by atoms with van der Waals surface area (Å²) in [5.74, 6) is 0.504. The highest BCUT2D eigenvalue weighted by Crippen LogP contribution is 2.04. The van der Waals surface area contributed by atoms with Crippen LogP contribution >= 0.6 is 0 Å². The van der Waals surface area contributed by atoms with Crippen LogP contribution in [0.1, 0.15) is 28.2 Å². The molecule has 1 heterocycles. The van der Waals surface area contributed by atoms with E-state index in [4.69, 9.17) is 5.73 Å². The minimum atomic E-state index is -0.396. The Morgan fingerprint density at radius 1 is 1.42 bits per heavy atom. The van der Waals surface area contributed by atoms with Gasteiger partial charge in [-0.1, -0.05) is 12.1 Å². The maximum atomic E-state index is 11.0. The molecule has 1 aromatic carbocycles. The van der Waals surface area contributed by atoms with E-state index in [1.54, 1.807) is 6.07 Å². The third kappa shape index (κ3) is 4.18. The van der Waals surface area contributed by atoms with Crippen LogP contribution in [-0.4, -0.2) is 27.6 Å². The standard InChI is InChI=1S/C13H17N5O/c14-13(19)11-4-1-3-10(7-11)8-15-6-2-5-12-16-9-17-18-12/h1,3-4,7,9,15H,2,5-6,8H2,(H2,14,19)(H,16,17,18). The molecule has 6 nitrogen and oxygen atoms in total. The molecule has 0 aliphatic carbocycles. The normalized spacial score (nSPS) is 10.5. The number of H-pyrrole nitrogens is 1. The van der Waals surface area contributed by atoms with Gasteiger partial charge in [0.1, 0.15) is 12.2 Å². The van der Waals surface area contributed by atoms with Gasteiger partial charge < -0.3 is 11.1 Å². The first-order valence-corrected chi connectivity index (χ1v) is 6.19. The number of benzene rings is 1. The Bertz CT molecular complexity index is 524. The fourth-order valence-electron chi connectivity index (χ4n) is 1.80. The van der Waals surface area contributed by atoms with Crippen LogP contribution in [0.2, 0.25) is 0 Å². The van der Waals surface area contributed by atoms with Gasteiger partial charge in [-0.15, -0.1) is 0 Å². The first kappa shape index (κ1) is 13.2. The zero-order valence-corrected chi connectivity index (χ0v) is 10.6. The maximum Gasteiger partial charge on any atom is 0.248 e. The zero-order valence-electron chi connectivity index (χ0n) is 10.6. The van der Waals surface area contributed by atoms with Crippen molar-refractivity contribution in [2.75, 3.05) is 6.54 Å². The molecule has 0 atom stereocenters. The average Bonchev–Trinajstić information content (AvgIpc) is 2.92. The highest BCUT2D eigenvalue weighted by Gasteiger charge is 2.01. The van der Waals surface area contributed by atoms with Crippen LogP contribution in [0, 0.1) is 0 Å². The van der Waals surface area contributed by atoms with Gasteiger partial charge in [0.25, 0.3) is 0 Å². The molecule has 4 N–H and O–H groups in total. The predicted molar refractivity (Wildman–Crippen MR) is 71.4 cm³/mol. The molecule has 2 aromatic rings. The van der Waals surface area contributed by atoms with Crippen LogP contribution < -0.4 is 11.1 Å². The second kappa shape index (κ2) is 6.65. The van der Waals surface area contributed by atoms with Gasteiger partial charge in [0.05, 0.1) is 0 Å². The molecular weight excluding hydrogens is 242 g/mol. The fourth-order valence-corrected chi connectivity index (χ4v) is 1.80. The summed E-state index contributed by atoms with van der Waals surface area (Å²) in [6.45, 7) is 1.60. The molecule has 2 rings (SSSR count). The largest absolute Gasteiger partial charge is 0.366 e. The molecular formula is C13H17N5O. The van der Waals surface area contributed by atoms with Crippen LogP contribution in [-0.2, 0) is 13.0 Å². The fraction of sp³-hybridized carbons (Fsp3) is 0.308. The monoisotopic (exact) mass is 259 g/mol. The van der Waals surface area contributed by atoms with Crippen LogP contribution in [0.3, 0.4) is 0 Å². The molecule has 0 bridgehead atoms. The molecule has 0 aliphatic rings. The summed E-state index contributed by atoms with van der Waals surface area (Å²) < 4.78 is 0. The Hall–Kier alpha value is -2.21. The first-order valence-electron chi connectivity index (χ1n) is 6.19. The number of nitrogens with zero attached hydrogens (tertiary/aromatic N) is 2. The van der Waals surface area contributed by atoms with Crippen LogP contribution in [0.4, 0.5) is 0 Å². The van der Waals surface area contributed by atoms with E-state index in [1.807, 2.05) is 18.2 Å². The molecule has 100 valence electrons. The summed E-state index contributed by atoms with van der Waals surface area (Å²) in [5, 5.41) is 9.94. The molecule has 0 fully saturated rings. The summed E-state index contributed by atoms with van der Waals surface area (Å²) >= 11 is 0. The number of aryl methyl sites for hydroxylation is 1. The molecule has 0 spiro atoms. The number of hydrogen-bond donors (Lipinski definition) is 3. The lowest BCUT2D eigenvalue weighted by atomic mass is 10.1. The third-order valence-corrected chi connectivity index (χ3v) is 2.77.